The van der Waals surface area contributed by atoms with E-state index in [1.807, 2.05) is 13.0 Å². The first-order valence-electron chi connectivity index (χ1n) is 5.59. The first-order chi connectivity index (χ1) is 8.52. The van der Waals surface area contributed by atoms with Gasteiger partial charge in [-0.3, -0.25) is 9.59 Å². The quantitative estimate of drug-likeness (QED) is 0.589. The van der Waals surface area contributed by atoms with Crippen LogP contribution in [0.2, 0.25) is 0 Å². The van der Waals surface area contributed by atoms with E-state index in [0.717, 1.165) is 5.76 Å². The molecule has 0 saturated carbocycles. The molecule has 1 heterocycles. The summed E-state index contributed by atoms with van der Waals surface area (Å²) in [5.41, 5.74) is 0. The van der Waals surface area contributed by atoms with Crippen LogP contribution in [0.5, 0.6) is 0 Å². The van der Waals surface area contributed by atoms with Gasteiger partial charge in [-0.15, -0.1) is 0 Å². The lowest BCUT2D eigenvalue weighted by Gasteiger charge is -2.13. The molecule has 0 radical (unpaired) electrons. The standard InChI is InChI=1S/C13H17NO4/c1-10-4-5-11(18-10)6-7-12(15)14(2)9-8-13(16)17-3/h4-7H,8-9H2,1-3H3/b7-6+. The molecule has 0 bridgehead atoms. The molecule has 0 fully saturated rings. The number of nitrogens with zero attached hydrogens (tertiary/aromatic N) is 1. The van der Waals surface area contributed by atoms with Crippen LogP contribution < -0.4 is 0 Å². The van der Waals surface area contributed by atoms with E-state index >= 15 is 0 Å². The Kier molecular flexibility index (Phi) is 5.17. The highest BCUT2D eigenvalue weighted by atomic mass is 16.5. The second-order valence-corrected chi connectivity index (χ2v) is 3.87. The van der Waals surface area contributed by atoms with E-state index in [1.54, 1.807) is 19.2 Å². The highest BCUT2D eigenvalue weighted by Gasteiger charge is 2.08. The van der Waals surface area contributed by atoms with Crippen LogP contribution in [0.15, 0.2) is 22.6 Å². The van der Waals surface area contributed by atoms with Crippen molar-refractivity contribution in [2.75, 3.05) is 20.7 Å². The molecule has 0 saturated heterocycles. The summed E-state index contributed by atoms with van der Waals surface area (Å²) in [6.45, 7) is 2.16. The zero-order valence-electron chi connectivity index (χ0n) is 10.8. The number of hydrogen-bond acceptors (Lipinski definition) is 4. The number of rotatable bonds is 5. The number of amides is 1. The minimum atomic E-state index is -0.333. The van der Waals surface area contributed by atoms with Gasteiger partial charge in [0.25, 0.3) is 0 Å². The van der Waals surface area contributed by atoms with Crippen LogP contribution >= 0.6 is 0 Å². The number of carbonyl (C=O) groups excluding carboxylic acids is 2. The molecule has 18 heavy (non-hydrogen) atoms. The highest BCUT2D eigenvalue weighted by molar-refractivity contribution is 5.91. The summed E-state index contributed by atoms with van der Waals surface area (Å²) in [7, 11) is 2.95. The summed E-state index contributed by atoms with van der Waals surface area (Å²) in [6.07, 6.45) is 3.20. The monoisotopic (exact) mass is 251 g/mol. The summed E-state index contributed by atoms with van der Waals surface area (Å²) in [6, 6.07) is 3.61. The van der Waals surface area contributed by atoms with Crippen LogP contribution in [0.3, 0.4) is 0 Å². The first kappa shape index (κ1) is 14.0. The highest BCUT2D eigenvalue weighted by Crippen LogP contribution is 2.08. The molecular weight excluding hydrogens is 234 g/mol. The van der Waals surface area contributed by atoms with Crippen LogP contribution in [0.4, 0.5) is 0 Å². The van der Waals surface area contributed by atoms with Crippen LogP contribution in [-0.4, -0.2) is 37.5 Å². The molecule has 0 unspecified atom stereocenters. The van der Waals surface area contributed by atoms with Crippen molar-refractivity contribution >= 4 is 18.0 Å². The predicted octanol–water partition coefficient (Wildman–Crippen LogP) is 1.62. The van der Waals surface area contributed by atoms with E-state index in [9.17, 15) is 9.59 Å². The minimum Gasteiger partial charge on any atom is -0.469 e. The van der Waals surface area contributed by atoms with Gasteiger partial charge in [0.2, 0.25) is 5.91 Å². The summed E-state index contributed by atoms with van der Waals surface area (Å²) in [4.78, 5) is 24.0. The largest absolute Gasteiger partial charge is 0.469 e. The third kappa shape index (κ3) is 4.45. The number of esters is 1. The van der Waals surface area contributed by atoms with Gasteiger partial charge in [0.15, 0.2) is 0 Å². The molecule has 1 amide bonds. The van der Waals surface area contributed by atoms with Crippen molar-refractivity contribution < 1.29 is 18.7 Å². The number of carbonyl (C=O) groups is 2. The van der Waals surface area contributed by atoms with Crippen molar-refractivity contribution in [2.45, 2.75) is 13.3 Å². The lowest BCUT2D eigenvalue weighted by Crippen LogP contribution is -2.27. The normalized spacial score (nSPS) is 10.6. The van der Waals surface area contributed by atoms with Gasteiger partial charge in [0.1, 0.15) is 11.5 Å². The van der Waals surface area contributed by atoms with Crippen molar-refractivity contribution in [3.05, 3.63) is 29.7 Å². The Labute approximate surface area is 106 Å². The third-order valence-corrected chi connectivity index (χ3v) is 2.41. The van der Waals surface area contributed by atoms with E-state index in [1.165, 1.54) is 18.1 Å². The summed E-state index contributed by atoms with van der Waals surface area (Å²) < 4.78 is 9.80. The summed E-state index contributed by atoms with van der Waals surface area (Å²) in [5, 5.41) is 0. The maximum Gasteiger partial charge on any atom is 0.307 e. The molecule has 1 aromatic heterocycles. The zero-order chi connectivity index (χ0) is 13.5. The molecule has 5 nitrogen and oxygen atoms in total. The van der Waals surface area contributed by atoms with Crippen LogP contribution in [-0.2, 0) is 14.3 Å². The molecule has 0 aromatic carbocycles. The average molecular weight is 251 g/mol. The van der Waals surface area contributed by atoms with E-state index in [4.69, 9.17) is 4.42 Å². The van der Waals surface area contributed by atoms with Gasteiger partial charge in [0.05, 0.1) is 13.5 Å². The van der Waals surface area contributed by atoms with Crippen molar-refractivity contribution in [3.8, 4) is 0 Å². The number of methoxy groups -OCH3 is 1. The Morgan fingerprint density at radius 1 is 1.44 bits per heavy atom. The van der Waals surface area contributed by atoms with Crippen LogP contribution in [0.25, 0.3) is 6.08 Å². The Balaban J connectivity index is 2.44. The smallest absolute Gasteiger partial charge is 0.307 e. The van der Waals surface area contributed by atoms with E-state index in [2.05, 4.69) is 4.74 Å². The van der Waals surface area contributed by atoms with Crippen LogP contribution in [0, 0.1) is 6.92 Å². The summed E-state index contributed by atoms with van der Waals surface area (Å²) >= 11 is 0. The Hall–Kier alpha value is -2.04. The maximum absolute atomic E-state index is 11.7. The number of ether oxygens (including phenoxy) is 1. The fraction of sp³-hybridized carbons (Fsp3) is 0.385. The van der Waals surface area contributed by atoms with Crippen molar-refractivity contribution in [2.24, 2.45) is 0 Å². The van der Waals surface area contributed by atoms with Crippen molar-refractivity contribution in [1.82, 2.24) is 4.90 Å². The third-order valence-electron chi connectivity index (χ3n) is 2.41. The summed E-state index contributed by atoms with van der Waals surface area (Å²) in [5.74, 6) is 0.900. The second-order valence-electron chi connectivity index (χ2n) is 3.87. The SMILES string of the molecule is COC(=O)CCN(C)C(=O)/C=C/c1ccc(C)o1. The van der Waals surface area contributed by atoms with Gasteiger partial charge in [-0.1, -0.05) is 0 Å². The van der Waals surface area contributed by atoms with Crippen molar-refractivity contribution in [3.63, 3.8) is 0 Å². The first-order valence-corrected chi connectivity index (χ1v) is 5.59. The van der Waals surface area contributed by atoms with Gasteiger partial charge < -0.3 is 14.1 Å². The molecule has 1 aromatic rings. The van der Waals surface area contributed by atoms with Gasteiger partial charge in [-0.2, -0.15) is 0 Å². The van der Waals surface area contributed by atoms with E-state index < -0.39 is 0 Å². The van der Waals surface area contributed by atoms with Gasteiger partial charge in [-0.05, 0) is 25.1 Å². The molecule has 0 aliphatic heterocycles. The Morgan fingerprint density at radius 3 is 2.72 bits per heavy atom. The lowest BCUT2D eigenvalue weighted by molar-refractivity contribution is -0.141. The maximum atomic E-state index is 11.7. The molecule has 0 aliphatic rings. The minimum absolute atomic E-state index is 0.187. The number of furan rings is 1. The molecule has 5 heteroatoms. The number of aryl methyl sites for hydroxylation is 1. The molecule has 0 aliphatic carbocycles. The lowest BCUT2D eigenvalue weighted by atomic mass is 10.3. The van der Waals surface area contributed by atoms with E-state index in [-0.39, 0.29) is 18.3 Å². The molecule has 0 spiro atoms. The van der Waals surface area contributed by atoms with Gasteiger partial charge in [-0.25, -0.2) is 0 Å². The van der Waals surface area contributed by atoms with Gasteiger partial charge in [0, 0.05) is 19.7 Å². The zero-order valence-corrected chi connectivity index (χ0v) is 10.8. The number of hydrogen-bond donors (Lipinski definition) is 0. The van der Waals surface area contributed by atoms with Crippen LogP contribution in [0.1, 0.15) is 17.9 Å². The topological polar surface area (TPSA) is 59.8 Å². The number of likely N-dealkylation sites (N-methyl/N-ethyl adjacent to an activating group) is 1. The molecule has 0 atom stereocenters. The fourth-order valence-corrected chi connectivity index (χ4v) is 1.29. The Bertz CT molecular complexity index is 448. The molecular formula is C13H17NO4. The van der Waals surface area contributed by atoms with E-state index in [0.29, 0.717) is 12.3 Å². The second kappa shape index (κ2) is 6.64. The Morgan fingerprint density at radius 2 is 2.17 bits per heavy atom. The van der Waals surface area contributed by atoms with Crippen molar-refractivity contribution in [1.29, 1.82) is 0 Å². The average Bonchev–Trinajstić information content (AvgIpc) is 2.78. The molecule has 98 valence electrons. The van der Waals surface area contributed by atoms with Gasteiger partial charge >= 0.3 is 5.97 Å². The fourth-order valence-electron chi connectivity index (χ4n) is 1.29. The molecule has 1 rings (SSSR count). The molecule has 0 N–H and O–H groups in total. The predicted molar refractivity (Wildman–Crippen MR) is 66.7 cm³/mol.